The van der Waals surface area contributed by atoms with Gasteiger partial charge in [-0.15, -0.1) is 0 Å². The summed E-state index contributed by atoms with van der Waals surface area (Å²) in [5, 5.41) is 4.46. The Labute approximate surface area is 215 Å². The summed E-state index contributed by atoms with van der Waals surface area (Å²) < 4.78 is 2.08. The average Bonchev–Trinajstić information content (AvgIpc) is 3.22. The average molecular weight is 494 g/mol. The molecule has 3 aliphatic rings. The maximum atomic E-state index is 14.0. The zero-order valence-electron chi connectivity index (χ0n) is 22.2. The van der Waals surface area contributed by atoms with Crippen molar-refractivity contribution in [1.82, 2.24) is 24.6 Å². The van der Waals surface area contributed by atoms with Crippen LogP contribution in [0.2, 0.25) is 0 Å². The first-order valence-corrected chi connectivity index (χ1v) is 14.1. The normalized spacial score (nSPS) is 24.9. The number of nitrogens with one attached hydrogen (secondary N) is 1. The number of rotatable bonds is 6. The molecule has 1 aromatic heterocycles. The number of likely N-dealkylation sites (N-methyl/N-ethyl adjacent to an activating group) is 1. The zero-order chi connectivity index (χ0) is 25.1. The molecule has 0 unspecified atom stereocenters. The van der Waals surface area contributed by atoms with E-state index in [-0.39, 0.29) is 17.9 Å². The van der Waals surface area contributed by atoms with Crippen molar-refractivity contribution in [2.75, 3.05) is 46.3 Å². The Hall–Kier alpha value is -2.38. The Morgan fingerprint density at radius 3 is 2.44 bits per heavy atom. The van der Waals surface area contributed by atoms with E-state index >= 15 is 0 Å². The minimum absolute atomic E-state index is 0.00412. The molecule has 3 heterocycles. The first kappa shape index (κ1) is 25.3. The van der Waals surface area contributed by atoms with Gasteiger partial charge in [-0.05, 0) is 51.9 Å². The van der Waals surface area contributed by atoms with Crippen LogP contribution in [0.5, 0.6) is 0 Å². The van der Waals surface area contributed by atoms with E-state index in [1.54, 1.807) is 0 Å². The number of hydrogen-bond acceptors (Lipinski definition) is 4. The van der Waals surface area contributed by atoms with Crippen molar-refractivity contribution in [3.63, 3.8) is 0 Å². The summed E-state index contributed by atoms with van der Waals surface area (Å²) in [6, 6.07) is 10.3. The molecule has 1 aromatic carbocycles. The molecule has 1 aliphatic carbocycles. The molecule has 0 bridgehead atoms. The van der Waals surface area contributed by atoms with Crippen LogP contribution in [-0.4, -0.2) is 89.0 Å². The Bertz CT molecular complexity index is 1060. The highest BCUT2D eigenvalue weighted by molar-refractivity contribution is 6.03. The lowest BCUT2D eigenvalue weighted by atomic mass is 9.92. The van der Waals surface area contributed by atoms with Crippen molar-refractivity contribution in [2.45, 2.75) is 76.4 Å². The van der Waals surface area contributed by atoms with Crippen molar-refractivity contribution >= 4 is 22.7 Å². The molecule has 1 atom stereocenters. The molecule has 5 rings (SSSR count). The number of fused-ring (bicyclic) bond motifs is 3. The van der Waals surface area contributed by atoms with E-state index in [1.807, 2.05) is 30.0 Å². The smallest absolute Gasteiger partial charge is 0.271 e. The Kier molecular flexibility index (Phi) is 7.68. The lowest BCUT2D eigenvalue weighted by Gasteiger charge is -2.45. The van der Waals surface area contributed by atoms with Crippen LogP contribution < -0.4 is 5.32 Å². The lowest BCUT2D eigenvalue weighted by molar-refractivity contribution is -0.133. The van der Waals surface area contributed by atoms with Gasteiger partial charge in [0.05, 0.1) is 6.54 Å². The Morgan fingerprint density at radius 2 is 1.69 bits per heavy atom. The summed E-state index contributed by atoms with van der Waals surface area (Å²) in [6.07, 6.45) is 9.09. The summed E-state index contributed by atoms with van der Waals surface area (Å²) in [7, 11) is 2.17. The minimum Gasteiger partial charge on any atom is -0.351 e. The number of benzene rings is 1. The fraction of sp³-hybridized carbons (Fsp3) is 0.655. The van der Waals surface area contributed by atoms with E-state index in [0.29, 0.717) is 18.8 Å². The first-order valence-electron chi connectivity index (χ1n) is 14.1. The second-order valence-corrected chi connectivity index (χ2v) is 11.4. The summed E-state index contributed by atoms with van der Waals surface area (Å²) >= 11 is 0. The van der Waals surface area contributed by atoms with Crippen LogP contribution in [0, 0.1) is 0 Å². The molecule has 7 nitrogen and oxygen atoms in total. The third-order valence-electron chi connectivity index (χ3n) is 8.72. The molecule has 2 aromatic rings. The molecule has 0 radical (unpaired) electrons. The summed E-state index contributed by atoms with van der Waals surface area (Å²) in [4.78, 5) is 34.6. The predicted molar refractivity (Wildman–Crippen MR) is 144 cm³/mol. The molecule has 2 fully saturated rings. The first-order chi connectivity index (χ1) is 17.5. The number of aromatic nitrogens is 1. The Balaban J connectivity index is 1.37. The molecule has 2 amide bonds. The van der Waals surface area contributed by atoms with Gasteiger partial charge in [-0.2, -0.15) is 0 Å². The monoisotopic (exact) mass is 493 g/mol. The largest absolute Gasteiger partial charge is 0.351 e. The zero-order valence-corrected chi connectivity index (χ0v) is 22.2. The molecule has 0 spiro atoms. The van der Waals surface area contributed by atoms with E-state index in [9.17, 15) is 9.59 Å². The standard InChI is InChI=1S/C29H43N5O2/c1-29(28(36)30-24-12-6-4-3-5-7-13-24)22-33-25-14-9-8-11-23(25)21-26(33)27(35)34(29)16-10-15-32-19-17-31(2)18-20-32/h8-9,11,14,21,24H,3-7,10,12-13,15-20,22H2,1-2H3,(H,30,36)/t29-/m1/s1. The van der Waals surface area contributed by atoms with Crippen LogP contribution in [0.4, 0.5) is 0 Å². The number of amides is 2. The van der Waals surface area contributed by atoms with Gasteiger partial charge in [0.25, 0.3) is 5.91 Å². The highest BCUT2D eigenvalue weighted by atomic mass is 16.2. The highest BCUT2D eigenvalue weighted by Gasteiger charge is 2.47. The van der Waals surface area contributed by atoms with Gasteiger partial charge in [0.15, 0.2) is 0 Å². The third-order valence-corrected chi connectivity index (χ3v) is 8.72. The predicted octanol–water partition coefficient (Wildman–Crippen LogP) is 3.72. The van der Waals surface area contributed by atoms with Crippen LogP contribution in [0.15, 0.2) is 30.3 Å². The van der Waals surface area contributed by atoms with Crippen LogP contribution >= 0.6 is 0 Å². The number of hydrogen-bond donors (Lipinski definition) is 1. The minimum atomic E-state index is -0.906. The van der Waals surface area contributed by atoms with Gasteiger partial charge >= 0.3 is 0 Å². The SMILES string of the molecule is CN1CCN(CCCN2C(=O)c3cc4ccccc4n3C[C@]2(C)C(=O)NC2CCCCCCC2)CC1. The molecule has 36 heavy (non-hydrogen) atoms. The molecule has 196 valence electrons. The third kappa shape index (κ3) is 5.18. The van der Waals surface area contributed by atoms with E-state index in [0.717, 1.165) is 62.9 Å². The van der Waals surface area contributed by atoms with Crippen LogP contribution in [0.25, 0.3) is 10.9 Å². The van der Waals surface area contributed by atoms with Gasteiger partial charge in [-0.25, -0.2) is 0 Å². The fourth-order valence-electron chi connectivity index (χ4n) is 6.32. The summed E-state index contributed by atoms with van der Waals surface area (Å²) in [5.74, 6) is -0.0180. The Morgan fingerprint density at radius 1 is 1.00 bits per heavy atom. The highest BCUT2D eigenvalue weighted by Crippen LogP contribution is 2.33. The van der Waals surface area contributed by atoms with E-state index < -0.39 is 5.54 Å². The van der Waals surface area contributed by atoms with Gasteiger partial charge in [0.1, 0.15) is 11.2 Å². The van der Waals surface area contributed by atoms with Gasteiger partial charge < -0.3 is 24.6 Å². The van der Waals surface area contributed by atoms with Crippen LogP contribution in [0.3, 0.4) is 0 Å². The van der Waals surface area contributed by atoms with Crippen molar-refractivity contribution < 1.29 is 9.59 Å². The number of carbonyl (C=O) groups excluding carboxylic acids is 2. The summed E-state index contributed by atoms with van der Waals surface area (Å²) in [6.45, 7) is 8.35. The van der Waals surface area contributed by atoms with E-state index in [1.165, 1.54) is 32.1 Å². The van der Waals surface area contributed by atoms with Gasteiger partial charge in [0, 0.05) is 49.7 Å². The number of piperazine rings is 1. The molecular formula is C29H43N5O2. The van der Waals surface area contributed by atoms with Crippen molar-refractivity contribution in [3.05, 3.63) is 36.0 Å². The second-order valence-electron chi connectivity index (χ2n) is 11.4. The maximum Gasteiger partial charge on any atom is 0.271 e. The van der Waals surface area contributed by atoms with Crippen molar-refractivity contribution in [3.8, 4) is 0 Å². The van der Waals surface area contributed by atoms with Crippen molar-refractivity contribution in [1.29, 1.82) is 0 Å². The molecule has 1 saturated carbocycles. The van der Waals surface area contributed by atoms with E-state index in [4.69, 9.17) is 0 Å². The molecule has 1 N–H and O–H groups in total. The van der Waals surface area contributed by atoms with Crippen LogP contribution in [-0.2, 0) is 11.3 Å². The number of para-hydroxylation sites is 1. The van der Waals surface area contributed by atoms with Gasteiger partial charge in [-0.1, -0.05) is 50.3 Å². The lowest BCUT2D eigenvalue weighted by Crippen LogP contribution is -2.65. The molecular weight excluding hydrogens is 450 g/mol. The number of carbonyl (C=O) groups is 2. The van der Waals surface area contributed by atoms with E-state index in [2.05, 4.69) is 38.9 Å². The topological polar surface area (TPSA) is 60.8 Å². The van der Waals surface area contributed by atoms with Gasteiger partial charge in [-0.3, -0.25) is 9.59 Å². The van der Waals surface area contributed by atoms with Crippen molar-refractivity contribution in [2.24, 2.45) is 0 Å². The second kappa shape index (κ2) is 10.9. The summed E-state index contributed by atoms with van der Waals surface area (Å²) in [5.41, 5.74) is 0.825. The molecule has 1 saturated heterocycles. The van der Waals surface area contributed by atoms with Gasteiger partial charge in [0.2, 0.25) is 5.91 Å². The quantitative estimate of drug-likeness (QED) is 0.666. The molecule has 2 aliphatic heterocycles. The molecule has 7 heteroatoms. The maximum absolute atomic E-state index is 14.0. The van der Waals surface area contributed by atoms with Crippen LogP contribution in [0.1, 0.15) is 68.8 Å². The number of nitrogens with zero attached hydrogens (tertiary/aromatic N) is 4. The fourth-order valence-corrected chi connectivity index (χ4v) is 6.32.